The van der Waals surface area contributed by atoms with Gasteiger partial charge in [-0.05, 0) is 19.9 Å². The molecule has 1 atom stereocenters. The SMILES string of the molecule is CCn1ccc(C(=O)N2CCO[C@@](C)(C(=O)N3CCOCC3)C2)n1. The molecule has 0 radical (unpaired) electrons. The highest BCUT2D eigenvalue weighted by Gasteiger charge is 2.43. The van der Waals surface area contributed by atoms with Crippen LogP contribution in [0.15, 0.2) is 12.3 Å². The smallest absolute Gasteiger partial charge is 0.274 e. The van der Waals surface area contributed by atoms with Crippen LogP contribution in [0.2, 0.25) is 0 Å². The Labute approximate surface area is 141 Å². The minimum atomic E-state index is -1.02. The molecular formula is C16H24N4O4. The van der Waals surface area contributed by atoms with Gasteiger partial charge in [0.05, 0.1) is 26.4 Å². The standard InChI is InChI=1S/C16H24N4O4/c1-3-20-5-4-13(17-20)14(21)19-8-11-24-16(2,12-19)15(22)18-6-9-23-10-7-18/h4-5H,3,6-12H2,1-2H3/t16-/m1/s1. The first kappa shape index (κ1) is 16.9. The van der Waals surface area contributed by atoms with E-state index < -0.39 is 5.60 Å². The molecule has 132 valence electrons. The number of carbonyl (C=O) groups excluding carboxylic acids is 2. The second kappa shape index (κ2) is 6.90. The molecule has 2 amide bonds. The molecule has 0 saturated carbocycles. The lowest BCUT2D eigenvalue weighted by atomic mass is 10.0. The Morgan fingerprint density at radius 3 is 2.58 bits per heavy atom. The molecule has 2 fully saturated rings. The maximum atomic E-state index is 12.8. The van der Waals surface area contributed by atoms with E-state index in [0.29, 0.717) is 51.7 Å². The van der Waals surface area contributed by atoms with Crippen molar-refractivity contribution in [2.45, 2.75) is 26.0 Å². The van der Waals surface area contributed by atoms with E-state index in [2.05, 4.69) is 5.10 Å². The van der Waals surface area contributed by atoms with Crippen molar-refractivity contribution in [3.05, 3.63) is 18.0 Å². The van der Waals surface area contributed by atoms with Crippen molar-refractivity contribution < 1.29 is 19.1 Å². The van der Waals surface area contributed by atoms with E-state index in [-0.39, 0.29) is 18.4 Å². The van der Waals surface area contributed by atoms with Gasteiger partial charge >= 0.3 is 0 Å². The van der Waals surface area contributed by atoms with Crippen LogP contribution in [0.4, 0.5) is 0 Å². The van der Waals surface area contributed by atoms with Crippen LogP contribution in [0.3, 0.4) is 0 Å². The quantitative estimate of drug-likeness (QED) is 0.776. The van der Waals surface area contributed by atoms with Gasteiger partial charge < -0.3 is 19.3 Å². The number of carbonyl (C=O) groups is 2. The molecule has 8 nitrogen and oxygen atoms in total. The van der Waals surface area contributed by atoms with Crippen molar-refractivity contribution >= 4 is 11.8 Å². The minimum Gasteiger partial charge on any atom is -0.378 e. The zero-order chi connectivity index (χ0) is 17.2. The first-order valence-electron chi connectivity index (χ1n) is 8.37. The van der Waals surface area contributed by atoms with E-state index in [9.17, 15) is 9.59 Å². The summed E-state index contributed by atoms with van der Waals surface area (Å²) in [7, 11) is 0. The number of ether oxygens (including phenoxy) is 2. The molecule has 2 aliphatic rings. The largest absolute Gasteiger partial charge is 0.378 e. The summed E-state index contributed by atoms with van der Waals surface area (Å²) >= 11 is 0. The van der Waals surface area contributed by atoms with Crippen LogP contribution >= 0.6 is 0 Å². The highest BCUT2D eigenvalue weighted by Crippen LogP contribution is 2.22. The number of aryl methyl sites for hydroxylation is 1. The summed E-state index contributed by atoms with van der Waals surface area (Å²) in [4.78, 5) is 28.9. The maximum Gasteiger partial charge on any atom is 0.274 e. The third-order valence-corrected chi connectivity index (χ3v) is 4.50. The molecule has 0 aliphatic carbocycles. The van der Waals surface area contributed by atoms with Crippen LogP contribution in [-0.4, -0.2) is 83.0 Å². The summed E-state index contributed by atoms with van der Waals surface area (Å²) < 4.78 is 12.8. The lowest BCUT2D eigenvalue weighted by Gasteiger charge is -2.42. The lowest BCUT2D eigenvalue weighted by molar-refractivity contribution is -0.168. The van der Waals surface area contributed by atoms with Crippen molar-refractivity contribution in [1.29, 1.82) is 0 Å². The number of hydrogen-bond donors (Lipinski definition) is 0. The molecule has 8 heteroatoms. The Morgan fingerprint density at radius 1 is 1.21 bits per heavy atom. The zero-order valence-electron chi connectivity index (χ0n) is 14.2. The predicted molar refractivity (Wildman–Crippen MR) is 85.6 cm³/mol. The number of morpholine rings is 2. The Morgan fingerprint density at radius 2 is 1.92 bits per heavy atom. The van der Waals surface area contributed by atoms with E-state index >= 15 is 0 Å². The molecule has 2 aliphatic heterocycles. The van der Waals surface area contributed by atoms with E-state index in [0.717, 1.165) is 0 Å². The minimum absolute atomic E-state index is 0.0811. The van der Waals surface area contributed by atoms with Gasteiger partial charge in [0.25, 0.3) is 11.8 Å². The molecule has 24 heavy (non-hydrogen) atoms. The van der Waals surface area contributed by atoms with Crippen molar-refractivity contribution in [3.63, 3.8) is 0 Å². The molecular weight excluding hydrogens is 312 g/mol. The highest BCUT2D eigenvalue weighted by molar-refractivity contribution is 5.93. The molecule has 3 heterocycles. The number of amides is 2. The zero-order valence-corrected chi connectivity index (χ0v) is 14.2. The Kier molecular flexibility index (Phi) is 4.86. The van der Waals surface area contributed by atoms with Gasteiger partial charge in [-0.15, -0.1) is 0 Å². The molecule has 1 aromatic rings. The summed E-state index contributed by atoms with van der Waals surface area (Å²) in [6, 6.07) is 1.71. The molecule has 0 N–H and O–H groups in total. The molecule has 0 bridgehead atoms. The van der Waals surface area contributed by atoms with E-state index in [1.807, 2.05) is 6.92 Å². The van der Waals surface area contributed by atoms with Gasteiger partial charge in [0.15, 0.2) is 5.60 Å². The van der Waals surface area contributed by atoms with Crippen LogP contribution < -0.4 is 0 Å². The summed E-state index contributed by atoms with van der Waals surface area (Å²) in [5.41, 5.74) is -0.613. The van der Waals surface area contributed by atoms with Crippen LogP contribution in [0.1, 0.15) is 24.3 Å². The summed E-state index contributed by atoms with van der Waals surface area (Å²) in [5.74, 6) is -0.242. The van der Waals surface area contributed by atoms with Gasteiger partial charge in [-0.3, -0.25) is 14.3 Å². The number of aromatic nitrogens is 2. The average Bonchev–Trinajstić information content (AvgIpc) is 3.10. The van der Waals surface area contributed by atoms with Crippen molar-refractivity contribution in [2.75, 3.05) is 46.0 Å². The maximum absolute atomic E-state index is 12.8. The monoisotopic (exact) mass is 336 g/mol. The second-order valence-corrected chi connectivity index (χ2v) is 6.27. The van der Waals surface area contributed by atoms with Gasteiger partial charge in [0.2, 0.25) is 0 Å². The fraction of sp³-hybridized carbons (Fsp3) is 0.688. The number of hydrogen-bond acceptors (Lipinski definition) is 5. The van der Waals surface area contributed by atoms with Crippen LogP contribution in [0, 0.1) is 0 Å². The topological polar surface area (TPSA) is 76.9 Å². The van der Waals surface area contributed by atoms with Gasteiger partial charge in [-0.25, -0.2) is 0 Å². The predicted octanol–water partition coefficient (Wildman–Crippen LogP) is -0.00710. The average molecular weight is 336 g/mol. The molecule has 0 unspecified atom stereocenters. The van der Waals surface area contributed by atoms with Gasteiger partial charge in [0.1, 0.15) is 5.69 Å². The number of nitrogens with zero attached hydrogens (tertiary/aromatic N) is 4. The molecule has 3 rings (SSSR count). The van der Waals surface area contributed by atoms with E-state index in [4.69, 9.17) is 9.47 Å². The second-order valence-electron chi connectivity index (χ2n) is 6.27. The van der Waals surface area contributed by atoms with E-state index in [1.54, 1.807) is 33.7 Å². The Hall–Kier alpha value is -1.93. The van der Waals surface area contributed by atoms with Crippen molar-refractivity contribution in [3.8, 4) is 0 Å². The van der Waals surface area contributed by atoms with Crippen molar-refractivity contribution in [1.82, 2.24) is 19.6 Å². The number of rotatable bonds is 3. The molecule has 0 aromatic carbocycles. The summed E-state index contributed by atoms with van der Waals surface area (Å²) in [5, 5.41) is 4.26. The Bertz CT molecular complexity index is 611. The normalized spacial score (nSPS) is 24.9. The third-order valence-electron chi connectivity index (χ3n) is 4.50. The molecule has 2 saturated heterocycles. The lowest BCUT2D eigenvalue weighted by Crippen LogP contribution is -2.61. The van der Waals surface area contributed by atoms with Gasteiger partial charge in [-0.1, -0.05) is 0 Å². The van der Waals surface area contributed by atoms with Crippen LogP contribution in [0.25, 0.3) is 0 Å². The molecule has 1 aromatic heterocycles. The summed E-state index contributed by atoms with van der Waals surface area (Å²) in [6.45, 7) is 7.68. The molecule has 0 spiro atoms. The summed E-state index contributed by atoms with van der Waals surface area (Å²) in [6.07, 6.45) is 1.78. The first-order valence-corrected chi connectivity index (χ1v) is 8.37. The fourth-order valence-electron chi connectivity index (χ4n) is 3.09. The first-order chi connectivity index (χ1) is 11.5. The van der Waals surface area contributed by atoms with Gasteiger partial charge in [-0.2, -0.15) is 5.10 Å². The van der Waals surface area contributed by atoms with Crippen LogP contribution in [0.5, 0.6) is 0 Å². The van der Waals surface area contributed by atoms with Gasteiger partial charge in [0, 0.05) is 32.4 Å². The fourth-order valence-corrected chi connectivity index (χ4v) is 3.09. The van der Waals surface area contributed by atoms with Crippen LogP contribution in [-0.2, 0) is 20.8 Å². The highest BCUT2D eigenvalue weighted by atomic mass is 16.5. The van der Waals surface area contributed by atoms with Crippen molar-refractivity contribution in [2.24, 2.45) is 0 Å². The third kappa shape index (κ3) is 3.29. The Balaban J connectivity index is 1.70. The van der Waals surface area contributed by atoms with E-state index in [1.165, 1.54) is 0 Å².